The standard InChI is InChI=1S/C16H22N2O2/c1-20-15-7-13(6-14(17)8-15)16(19)18(9-11-2-3-11)10-12-4-5-12/h6-8,11-12H,2-5,9-10,17H2,1H3. The molecule has 2 saturated carbocycles. The smallest absolute Gasteiger partial charge is 0.254 e. The first kappa shape index (κ1) is 13.3. The molecule has 108 valence electrons. The van der Waals surface area contributed by atoms with Crippen LogP contribution in [0, 0.1) is 11.8 Å². The number of methoxy groups -OCH3 is 1. The summed E-state index contributed by atoms with van der Waals surface area (Å²) in [6.45, 7) is 1.79. The molecule has 4 nitrogen and oxygen atoms in total. The number of amides is 1. The van der Waals surface area contributed by atoms with E-state index in [4.69, 9.17) is 10.5 Å². The van der Waals surface area contributed by atoms with Gasteiger partial charge in [-0.2, -0.15) is 0 Å². The van der Waals surface area contributed by atoms with Crippen LogP contribution in [-0.2, 0) is 0 Å². The molecule has 1 aromatic rings. The van der Waals surface area contributed by atoms with Crippen molar-refractivity contribution >= 4 is 11.6 Å². The summed E-state index contributed by atoms with van der Waals surface area (Å²) in [5, 5.41) is 0. The third-order valence-electron chi connectivity index (χ3n) is 4.05. The van der Waals surface area contributed by atoms with Crippen LogP contribution in [0.5, 0.6) is 5.75 Å². The van der Waals surface area contributed by atoms with Gasteiger partial charge in [-0.05, 0) is 49.7 Å². The summed E-state index contributed by atoms with van der Waals surface area (Å²) in [6, 6.07) is 5.27. The van der Waals surface area contributed by atoms with E-state index in [-0.39, 0.29) is 5.91 Å². The number of carbonyl (C=O) groups excluding carboxylic acids is 1. The summed E-state index contributed by atoms with van der Waals surface area (Å²) >= 11 is 0. The fraction of sp³-hybridized carbons (Fsp3) is 0.562. The first-order valence-corrected chi connectivity index (χ1v) is 7.39. The molecule has 20 heavy (non-hydrogen) atoms. The second-order valence-electron chi connectivity index (χ2n) is 6.09. The Morgan fingerprint density at radius 1 is 1.20 bits per heavy atom. The van der Waals surface area contributed by atoms with Gasteiger partial charge in [-0.1, -0.05) is 0 Å². The Morgan fingerprint density at radius 3 is 2.30 bits per heavy atom. The summed E-state index contributed by atoms with van der Waals surface area (Å²) in [6.07, 6.45) is 5.03. The molecule has 4 heteroatoms. The molecule has 0 bridgehead atoms. The fourth-order valence-corrected chi connectivity index (χ4v) is 2.51. The van der Waals surface area contributed by atoms with Crippen LogP contribution in [0.15, 0.2) is 18.2 Å². The summed E-state index contributed by atoms with van der Waals surface area (Å²) in [4.78, 5) is 14.7. The highest BCUT2D eigenvalue weighted by Gasteiger charge is 2.32. The molecule has 2 aliphatic rings. The molecular formula is C16H22N2O2. The summed E-state index contributed by atoms with van der Waals surface area (Å²) in [7, 11) is 1.59. The van der Waals surface area contributed by atoms with Crippen LogP contribution < -0.4 is 10.5 Å². The molecule has 0 unspecified atom stereocenters. The zero-order chi connectivity index (χ0) is 14.1. The Balaban J connectivity index is 1.77. The number of carbonyl (C=O) groups is 1. The van der Waals surface area contributed by atoms with E-state index in [2.05, 4.69) is 0 Å². The quantitative estimate of drug-likeness (QED) is 0.811. The minimum absolute atomic E-state index is 0.0920. The molecule has 0 heterocycles. The van der Waals surface area contributed by atoms with E-state index >= 15 is 0 Å². The third-order valence-corrected chi connectivity index (χ3v) is 4.05. The largest absolute Gasteiger partial charge is 0.497 e. The average Bonchev–Trinajstić information content (AvgIpc) is 3.31. The normalized spacial score (nSPS) is 17.9. The Morgan fingerprint density at radius 2 is 1.80 bits per heavy atom. The van der Waals surface area contributed by atoms with Crippen LogP contribution in [0.1, 0.15) is 36.0 Å². The van der Waals surface area contributed by atoms with Crippen molar-refractivity contribution in [3.8, 4) is 5.75 Å². The van der Waals surface area contributed by atoms with Gasteiger partial charge in [-0.15, -0.1) is 0 Å². The van der Waals surface area contributed by atoms with Crippen molar-refractivity contribution in [2.75, 3.05) is 25.9 Å². The summed E-state index contributed by atoms with van der Waals surface area (Å²) < 4.78 is 5.20. The highest BCUT2D eigenvalue weighted by atomic mass is 16.5. The number of hydrogen-bond donors (Lipinski definition) is 1. The van der Waals surface area contributed by atoms with Gasteiger partial charge in [0.2, 0.25) is 0 Å². The van der Waals surface area contributed by atoms with Gasteiger partial charge in [0.25, 0.3) is 5.91 Å². The molecular weight excluding hydrogens is 252 g/mol. The average molecular weight is 274 g/mol. The number of nitrogen functional groups attached to an aromatic ring is 1. The fourth-order valence-electron chi connectivity index (χ4n) is 2.51. The lowest BCUT2D eigenvalue weighted by Gasteiger charge is -2.23. The van der Waals surface area contributed by atoms with Crippen molar-refractivity contribution < 1.29 is 9.53 Å². The van der Waals surface area contributed by atoms with Crippen molar-refractivity contribution in [3.63, 3.8) is 0 Å². The maximum atomic E-state index is 12.7. The van der Waals surface area contributed by atoms with Crippen molar-refractivity contribution in [2.24, 2.45) is 11.8 Å². The molecule has 2 aliphatic carbocycles. The highest BCUT2D eigenvalue weighted by Crippen LogP contribution is 2.34. The van der Waals surface area contributed by atoms with Gasteiger partial charge in [0.15, 0.2) is 0 Å². The van der Waals surface area contributed by atoms with Crippen molar-refractivity contribution in [1.29, 1.82) is 0 Å². The van der Waals surface area contributed by atoms with Gasteiger partial charge in [0.05, 0.1) is 7.11 Å². The maximum Gasteiger partial charge on any atom is 0.254 e. The van der Waals surface area contributed by atoms with Crippen molar-refractivity contribution in [2.45, 2.75) is 25.7 Å². The lowest BCUT2D eigenvalue weighted by molar-refractivity contribution is 0.0739. The predicted molar refractivity (Wildman–Crippen MR) is 78.8 cm³/mol. The number of ether oxygens (including phenoxy) is 1. The van der Waals surface area contributed by atoms with Crippen molar-refractivity contribution in [3.05, 3.63) is 23.8 Å². The van der Waals surface area contributed by atoms with Gasteiger partial charge in [-0.25, -0.2) is 0 Å². The van der Waals surface area contributed by atoms with Crippen molar-refractivity contribution in [1.82, 2.24) is 4.90 Å². The Labute approximate surface area is 119 Å². The molecule has 0 spiro atoms. The molecule has 2 N–H and O–H groups in total. The number of nitrogens with two attached hydrogens (primary N) is 1. The van der Waals surface area contributed by atoms with Crippen LogP contribution in [0.3, 0.4) is 0 Å². The highest BCUT2D eigenvalue weighted by molar-refractivity contribution is 5.95. The number of nitrogens with zero attached hydrogens (tertiary/aromatic N) is 1. The number of hydrogen-bond acceptors (Lipinski definition) is 3. The second-order valence-corrected chi connectivity index (χ2v) is 6.09. The molecule has 0 radical (unpaired) electrons. The molecule has 1 aromatic carbocycles. The molecule has 2 fully saturated rings. The van der Waals surface area contributed by atoms with E-state index in [0.717, 1.165) is 13.1 Å². The first-order chi connectivity index (χ1) is 9.65. The van der Waals surface area contributed by atoms with Crippen LogP contribution in [0.4, 0.5) is 5.69 Å². The zero-order valence-electron chi connectivity index (χ0n) is 12.0. The Bertz CT molecular complexity index is 493. The van der Waals surface area contributed by atoms with E-state index in [0.29, 0.717) is 28.8 Å². The lowest BCUT2D eigenvalue weighted by atomic mass is 10.1. The zero-order valence-corrected chi connectivity index (χ0v) is 12.0. The Hall–Kier alpha value is -1.71. The monoisotopic (exact) mass is 274 g/mol. The number of rotatable bonds is 6. The second kappa shape index (κ2) is 5.35. The van der Waals surface area contributed by atoms with Crippen LogP contribution >= 0.6 is 0 Å². The topological polar surface area (TPSA) is 55.6 Å². The molecule has 0 atom stereocenters. The maximum absolute atomic E-state index is 12.7. The van der Waals surface area contributed by atoms with Gasteiger partial charge in [0, 0.05) is 30.4 Å². The number of anilines is 1. The molecule has 3 rings (SSSR count). The molecule has 0 aromatic heterocycles. The van der Waals surface area contributed by atoms with Gasteiger partial charge in [-0.3, -0.25) is 4.79 Å². The molecule has 0 aliphatic heterocycles. The minimum atomic E-state index is 0.0920. The first-order valence-electron chi connectivity index (χ1n) is 7.39. The van der Waals surface area contributed by atoms with Gasteiger partial charge < -0.3 is 15.4 Å². The van der Waals surface area contributed by atoms with Crippen LogP contribution in [-0.4, -0.2) is 31.0 Å². The predicted octanol–water partition coefficient (Wildman–Crippen LogP) is 2.54. The van der Waals surface area contributed by atoms with Gasteiger partial charge in [0.1, 0.15) is 5.75 Å². The minimum Gasteiger partial charge on any atom is -0.497 e. The van der Waals surface area contributed by atoms with E-state index in [1.165, 1.54) is 25.7 Å². The van der Waals surface area contributed by atoms with E-state index in [9.17, 15) is 4.79 Å². The SMILES string of the molecule is COc1cc(N)cc(C(=O)N(CC2CC2)CC2CC2)c1. The van der Waals surface area contributed by atoms with E-state index < -0.39 is 0 Å². The van der Waals surface area contributed by atoms with Gasteiger partial charge >= 0.3 is 0 Å². The van der Waals surface area contributed by atoms with E-state index in [1.807, 2.05) is 4.90 Å². The Kier molecular flexibility index (Phi) is 3.55. The third kappa shape index (κ3) is 3.24. The van der Waals surface area contributed by atoms with E-state index in [1.54, 1.807) is 25.3 Å². The summed E-state index contributed by atoms with van der Waals surface area (Å²) in [5.41, 5.74) is 7.07. The molecule has 1 amide bonds. The molecule has 0 saturated heterocycles. The summed E-state index contributed by atoms with van der Waals surface area (Å²) in [5.74, 6) is 2.15. The lowest BCUT2D eigenvalue weighted by Crippen LogP contribution is -2.34. The number of benzene rings is 1. The van der Waals surface area contributed by atoms with Crippen LogP contribution in [0.25, 0.3) is 0 Å². The van der Waals surface area contributed by atoms with Crippen LogP contribution in [0.2, 0.25) is 0 Å².